The minimum Gasteiger partial charge on any atom is -0.497 e. The lowest BCUT2D eigenvalue weighted by molar-refractivity contribution is 0.0443. The lowest BCUT2D eigenvalue weighted by Gasteiger charge is -2.11. The smallest absolute Gasteiger partial charge is 0.343 e. The summed E-state index contributed by atoms with van der Waals surface area (Å²) in [6, 6.07) is 20.7. The summed E-state index contributed by atoms with van der Waals surface area (Å²) in [5, 5.41) is 0. The molecule has 6 nitrogen and oxygen atoms in total. The van der Waals surface area contributed by atoms with Gasteiger partial charge in [-0.3, -0.25) is 4.99 Å². The van der Waals surface area contributed by atoms with Crippen LogP contribution in [-0.4, -0.2) is 31.9 Å². The summed E-state index contributed by atoms with van der Waals surface area (Å²) in [5.41, 5.74) is 2.47. The molecule has 3 rings (SSSR count). The third-order valence-corrected chi connectivity index (χ3v) is 5.43. The van der Waals surface area contributed by atoms with Crippen molar-refractivity contribution in [2.24, 2.45) is 10.9 Å². The van der Waals surface area contributed by atoms with Crippen LogP contribution in [0.3, 0.4) is 0 Å². The third kappa shape index (κ3) is 8.10. The van der Waals surface area contributed by atoms with Crippen molar-refractivity contribution in [3.63, 3.8) is 0 Å². The highest BCUT2D eigenvalue weighted by atomic mass is 16.5. The Hall–Kier alpha value is -3.93. The van der Waals surface area contributed by atoms with E-state index in [1.807, 2.05) is 24.3 Å². The van der Waals surface area contributed by atoms with E-state index in [9.17, 15) is 9.59 Å². The third-order valence-electron chi connectivity index (χ3n) is 5.43. The van der Waals surface area contributed by atoms with Gasteiger partial charge >= 0.3 is 11.9 Å². The summed E-state index contributed by atoms with van der Waals surface area (Å²) in [5.74, 6) is 0.600. The van der Waals surface area contributed by atoms with E-state index in [1.54, 1.807) is 61.9 Å². The molecule has 182 valence electrons. The lowest BCUT2D eigenvalue weighted by atomic mass is 10.1. The molecule has 1 unspecified atom stereocenters. The van der Waals surface area contributed by atoms with Crippen molar-refractivity contribution in [3.8, 4) is 11.5 Å². The number of aliphatic imine (C=N–C) groups is 1. The zero-order valence-electron chi connectivity index (χ0n) is 20.4. The van der Waals surface area contributed by atoms with Gasteiger partial charge in [0.05, 0.1) is 30.5 Å². The Bertz CT molecular complexity index is 1120. The fraction of sp³-hybridized carbons (Fsp3) is 0.276. The zero-order valence-corrected chi connectivity index (χ0v) is 20.4. The summed E-state index contributed by atoms with van der Waals surface area (Å²) in [7, 11) is 1.62. The highest BCUT2D eigenvalue weighted by Crippen LogP contribution is 2.18. The number of hydrogen-bond acceptors (Lipinski definition) is 6. The van der Waals surface area contributed by atoms with Gasteiger partial charge in [0, 0.05) is 6.21 Å². The van der Waals surface area contributed by atoms with Crippen LogP contribution < -0.4 is 9.47 Å². The second-order valence-corrected chi connectivity index (χ2v) is 8.34. The fourth-order valence-corrected chi connectivity index (χ4v) is 3.28. The lowest BCUT2D eigenvalue weighted by Crippen LogP contribution is -2.12. The molecule has 0 spiro atoms. The molecule has 1 atom stereocenters. The van der Waals surface area contributed by atoms with Crippen LogP contribution in [0.2, 0.25) is 0 Å². The number of carbonyl (C=O) groups is 2. The van der Waals surface area contributed by atoms with Gasteiger partial charge in [-0.2, -0.15) is 0 Å². The first-order valence-corrected chi connectivity index (χ1v) is 11.8. The predicted octanol–water partition coefficient (Wildman–Crippen LogP) is 6.65. The Morgan fingerprint density at radius 3 is 2.09 bits per heavy atom. The number of hydrogen-bond donors (Lipinski definition) is 0. The maximum atomic E-state index is 12.5. The van der Waals surface area contributed by atoms with Crippen molar-refractivity contribution >= 4 is 23.8 Å². The molecule has 0 saturated heterocycles. The van der Waals surface area contributed by atoms with Gasteiger partial charge in [-0.05, 0) is 90.7 Å². The van der Waals surface area contributed by atoms with E-state index < -0.39 is 5.97 Å². The molecule has 35 heavy (non-hydrogen) atoms. The predicted molar refractivity (Wildman–Crippen MR) is 137 cm³/mol. The molecule has 0 aliphatic heterocycles. The SMILES string of the molecule is CCCCC(C)COC(=O)c1ccc(OC(=O)c2ccc(N=Cc3ccc(OC)cc3)cc2)cc1. The normalized spacial score (nSPS) is 11.7. The van der Waals surface area contributed by atoms with Gasteiger partial charge in [0.25, 0.3) is 0 Å². The maximum absolute atomic E-state index is 12.5. The number of methoxy groups -OCH3 is 1. The monoisotopic (exact) mass is 473 g/mol. The summed E-state index contributed by atoms with van der Waals surface area (Å²) in [4.78, 5) is 29.1. The van der Waals surface area contributed by atoms with Crippen LogP contribution in [0.5, 0.6) is 11.5 Å². The quantitative estimate of drug-likeness (QED) is 0.177. The minimum atomic E-state index is -0.490. The van der Waals surface area contributed by atoms with Crippen LogP contribution in [0, 0.1) is 5.92 Å². The average molecular weight is 474 g/mol. The van der Waals surface area contributed by atoms with Gasteiger partial charge in [0.2, 0.25) is 0 Å². The van der Waals surface area contributed by atoms with Crippen molar-refractivity contribution in [3.05, 3.63) is 89.5 Å². The number of unbranched alkanes of at least 4 members (excludes halogenated alkanes) is 1. The summed E-state index contributed by atoms with van der Waals surface area (Å²) < 4.78 is 16.0. The Morgan fingerprint density at radius 2 is 1.46 bits per heavy atom. The zero-order chi connectivity index (χ0) is 25.0. The molecule has 0 saturated carbocycles. The van der Waals surface area contributed by atoms with Crippen LogP contribution in [-0.2, 0) is 4.74 Å². The first-order chi connectivity index (χ1) is 17.0. The molecule has 0 aromatic heterocycles. The van der Waals surface area contributed by atoms with Crippen LogP contribution in [0.25, 0.3) is 0 Å². The standard InChI is InChI=1S/C29H31NO5/c1-4-5-6-21(2)20-34-28(31)23-11-17-27(18-12-23)35-29(32)24-9-13-25(14-10-24)30-19-22-7-15-26(33-3)16-8-22/h7-19,21H,4-6,20H2,1-3H3. The molecule has 0 aliphatic rings. The van der Waals surface area contributed by atoms with E-state index in [0.29, 0.717) is 35.1 Å². The highest BCUT2D eigenvalue weighted by Gasteiger charge is 2.12. The van der Waals surface area contributed by atoms with Gasteiger partial charge in [0.15, 0.2) is 0 Å². The highest BCUT2D eigenvalue weighted by molar-refractivity contribution is 5.92. The van der Waals surface area contributed by atoms with Crippen LogP contribution in [0.1, 0.15) is 59.4 Å². The minimum absolute atomic E-state index is 0.332. The van der Waals surface area contributed by atoms with Gasteiger partial charge in [-0.15, -0.1) is 0 Å². The van der Waals surface area contributed by atoms with Crippen molar-refractivity contribution in [1.29, 1.82) is 0 Å². The average Bonchev–Trinajstić information content (AvgIpc) is 2.90. The Morgan fingerprint density at radius 1 is 0.857 bits per heavy atom. The molecular weight excluding hydrogens is 442 g/mol. The molecule has 6 heteroatoms. The molecule has 0 fully saturated rings. The number of esters is 2. The van der Waals surface area contributed by atoms with Gasteiger partial charge < -0.3 is 14.2 Å². The summed E-state index contributed by atoms with van der Waals surface area (Å²) >= 11 is 0. The van der Waals surface area contributed by atoms with Crippen LogP contribution in [0.4, 0.5) is 5.69 Å². The molecule has 3 aromatic carbocycles. The van der Waals surface area contributed by atoms with Crippen molar-refractivity contribution in [2.45, 2.75) is 33.1 Å². The number of rotatable bonds is 11. The maximum Gasteiger partial charge on any atom is 0.343 e. The van der Waals surface area contributed by atoms with E-state index in [4.69, 9.17) is 14.2 Å². The molecule has 0 bridgehead atoms. The van der Waals surface area contributed by atoms with E-state index >= 15 is 0 Å². The molecular formula is C29H31NO5. The molecule has 3 aromatic rings. The number of carbonyl (C=O) groups excluding carboxylic acids is 2. The largest absolute Gasteiger partial charge is 0.497 e. The Labute approximate surface area is 206 Å². The summed E-state index contributed by atoms with van der Waals surface area (Å²) in [6.45, 7) is 4.61. The van der Waals surface area contributed by atoms with Crippen LogP contribution >= 0.6 is 0 Å². The van der Waals surface area contributed by atoms with Crippen LogP contribution in [0.15, 0.2) is 77.8 Å². The second-order valence-electron chi connectivity index (χ2n) is 8.34. The van der Waals surface area contributed by atoms with E-state index in [2.05, 4.69) is 18.8 Å². The van der Waals surface area contributed by atoms with E-state index in [1.165, 1.54) is 0 Å². The number of ether oxygens (including phenoxy) is 3. The first-order valence-electron chi connectivity index (χ1n) is 11.8. The first kappa shape index (κ1) is 25.7. The van der Waals surface area contributed by atoms with Crippen molar-refractivity contribution < 1.29 is 23.8 Å². The topological polar surface area (TPSA) is 74.2 Å². The number of benzene rings is 3. The van der Waals surface area contributed by atoms with E-state index in [-0.39, 0.29) is 5.97 Å². The summed E-state index contributed by atoms with van der Waals surface area (Å²) in [6.07, 6.45) is 5.03. The van der Waals surface area contributed by atoms with Crippen molar-refractivity contribution in [2.75, 3.05) is 13.7 Å². The van der Waals surface area contributed by atoms with E-state index in [0.717, 1.165) is 30.6 Å². The molecule has 0 amide bonds. The number of nitrogens with zero attached hydrogens (tertiary/aromatic N) is 1. The molecule has 0 radical (unpaired) electrons. The molecule has 0 N–H and O–H groups in total. The fourth-order valence-electron chi connectivity index (χ4n) is 3.28. The molecule has 0 aliphatic carbocycles. The second kappa shape index (κ2) is 13.1. The van der Waals surface area contributed by atoms with Crippen molar-refractivity contribution in [1.82, 2.24) is 0 Å². The van der Waals surface area contributed by atoms with Gasteiger partial charge in [-0.1, -0.05) is 26.7 Å². The molecule has 0 heterocycles. The Balaban J connectivity index is 1.51. The Kier molecular flexibility index (Phi) is 9.60. The van der Waals surface area contributed by atoms with Gasteiger partial charge in [-0.25, -0.2) is 9.59 Å². The van der Waals surface area contributed by atoms with Gasteiger partial charge in [0.1, 0.15) is 11.5 Å².